The average Bonchev–Trinajstić information content (AvgIpc) is 3.14. The van der Waals surface area contributed by atoms with Crippen LogP contribution in [0.25, 0.3) is 6.08 Å². The van der Waals surface area contributed by atoms with E-state index in [-0.39, 0.29) is 29.5 Å². The standard InChI is InChI=1S/C25H25N3O6S2/c1-34-24(33)17-11-9-16(10-12-17)14-20-23(32)28(25(35)36-20)13-4-2-3-8-21(30)26-27-22(31)18-6-5-7-19(29)15-18/h5-7,9-12,14-15,29H,2-4,8,13H2,1H3,(H,26,30)(H,27,31)/b20-14-. The van der Waals surface area contributed by atoms with Crippen LogP contribution in [-0.2, 0) is 14.3 Å². The zero-order valence-electron chi connectivity index (χ0n) is 19.5. The Morgan fingerprint density at radius 2 is 1.81 bits per heavy atom. The van der Waals surface area contributed by atoms with Crippen molar-refractivity contribution in [2.24, 2.45) is 0 Å². The van der Waals surface area contributed by atoms with E-state index in [1.165, 1.54) is 43.1 Å². The van der Waals surface area contributed by atoms with Crippen molar-refractivity contribution < 1.29 is 29.0 Å². The number of methoxy groups -OCH3 is 1. The molecule has 0 saturated carbocycles. The lowest BCUT2D eigenvalue weighted by Crippen LogP contribution is -2.41. The number of amides is 3. The number of unbranched alkanes of at least 4 members (excludes halogenated alkanes) is 2. The Labute approximate surface area is 217 Å². The van der Waals surface area contributed by atoms with Crippen LogP contribution in [0.5, 0.6) is 5.75 Å². The number of carbonyl (C=O) groups is 4. The molecule has 0 unspecified atom stereocenters. The van der Waals surface area contributed by atoms with Crippen molar-refractivity contribution in [2.45, 2.75) is 25.7 Å². The molecule has 36 heavy (non-hydrogen) atoms. The normalized spacial score (nSPS) is 14.1. The number of ether oxygens (including phenoxy) is 1. The van der Waals surface area contributed by atoms with Crippen LogP contribution < -0.4 is 10.9 Å². The van der Waals surface area contributed by atoms with E-state index in [0.29, 0.717) is 40.6 Å². The third-order valence-corrected chi connectivity index (χ3v) is 6.59. The molecule has 2 aromatic rings. The first kappa shape index (κ1) is 26.9. The number of phenols is 1. The maximum atomic E-state index is 12.8. The molecule has 1 aliphatic rings. The van der Waals surface area contributed by atoms with Gasteiger partial charge in [-0.2, -0.15) is 0 Å². The molecular weight excluding hydrogens is 502 g/mol. The lowest BCUT2D eigenvalue weighted by Gasteiger charge is -2.14. The van der Waals surface area contributed by atoms with Crippen LogP contribution in [0.15, 0.2) is 53.4 Å². The van der Waals surface area contributed by atoms with Gasteiger partial charge in [-0.1, -0.05) is 48.6 Å². The molecule has 0 aromatic heterocycles. The molecule has 0 aliphatic carbocycles. The first-order chi connectivity index (χ1) is 17.3. The van der Waals surface area contributed by atoms with Crippen LogP contribution in [0, 0.1) is 0 Å². The van der Waals surface area contributed by atoms with Crippen molar-refractivity contribution >= 4 is 58.1 Å². The number of rotatable bonds is 9. The van der Waals surface area contributed by atoms with Gasteiger partial charge in [-0.3, -0.25) is 30.1 Å². The summed E-state index contributed by atoms with van der Waals surface area (Å²) in [6.45, 7) is 0.444. The number of nitrogens with zero attached hydrogens (tertiary/aromatic N) is 1. The molecule has 0 bridgehead atoms. The van der Waals surface area contributed by atoms with Gasteiger partial charge in [-0.25, -0.2) is 4.79 Å². The SMILES string of the molecule is COC(=O)c1ccc(/C=C2\SC(=S)N(CCCCCC(=O)NNC(=O)c3cccc(O)c3)C2=O)cc1. The zero-order chi connectivity index (χ0) is 26.1. The highest BCUT2D eigenvalue weighted by atomic mass is 32.2. The Morgan fingerprint density at radius 1 is 1.06 bits per heavy atom. The lowest BCUT2D eigenvalue weighted by atomic mass is 10.1. The average molecular weight is 528 g/mol. The number of esters is 1. The summed E-state index contributed by atoms with van der Waals surface area (Å²) < 4.78 is 5.16. The molecule has 0 atom stereocenters. The maximum absolute atomic E-state index is 12.8. The molecule has 2 aromatic carbocycles. The first-order valence-electron chi connectivity index (χ1n) is 11.1. The van der Waals surface area contributed by atoms with E-state index in [1.807, 2.05) is 0 Å². The Balaban J connectivity index is 1.38. The Bertz CT molecular complexity index is 1200. The Hall–Kier alpha value is -3.70. The molecule has 1 fully saturated rings. The number of phenolic OH excluding ortho intramolecular Hbond substituents is 1. The van der Waals surface area contributed by atoms with E-state index in [0.717, 1.165) is 5.56 Å². The van der Waals surface area contributed by atoms with Crippen LogP contribution in [0.1, 0.15) is 52.0 Å². The number of aromatic hydroxyl groups is 1. The molecule has 1 aliphatic heterocycles. The predicted octanol–water partition coefficient (Wildman–Crippen LogP) is 3.40. The maximum Gasteiger partial charge on any atom is 0.337 e. The van der Waals surface area contributed by atoms with Crippen LogP contribution >= 0.6 is 24.0 Å². The molecule has 3 amide bonds. The highest BCUT2D eigenvalue weighted by Crippen LogP contribution is 2.32. The van der Waals surface area contributed by atoms with Crippen molar-refractivity contribution in [1.82, 2.24) is 15.8 Å². The van der Waals surface area contributed by atoms with Crippen LogP contribution in [-0.4, -0.2) is 51.7 Å². The van der Waals surface area contributed by atoms with Crippen molar-refractivity contribution in [3.8, 4) is 5.75 Å². The van der Waals surface area contributed by atoms with Crippen molar-refractivity contribution in [3.63, 3.8) is 0 Å². The number of hydrogen-bond donors (Lipinski definition) is 3. The molecule has 0 spiro atoms. The van der Waals surface area contributed by atoms with Crippen LogP contribution in [0.4, 0.5) is 0 Å². The van der Waals surface area contributed by atoms with Crippen molar-refractivity contribution in [3.05, 3.63) is 70.1 Å². The highest BCUT2D eigenvalue weighted by Gasteiger charge is 2.31. The van der Waals surface area contributed by atoms with E-state index in [1.54, 1.807) is 35.2 Å². The van der Waals surface area contributed by atoms with Gasteiger partial charge in [-0.05, 0) is 54.8 Å². The van der Waals surface area contributed by atoms with Gasteiger partial charge in [0.2, 0.25) is 5.91 Å². The summed E-state index contributed by atoms with van der Waals surface area (Å²) >= 11 is 6.58. The van der Waals surface area contributed by atoms with Gasteiger partial charge in [0.1, 0.15) is 10.1 Å². The molecule has 11 heteroatoms. The molecule has 0 radical (unpaired) electrons. The molecule has 3 rings (SSSR count). The second kappa shape index (κ2) is 12.8. The fraction of sp³-hybridized carbons (Fsp3) is 0.240. The fourth-order valence-corrected chi connectivity index (χ4v) is 4.63. The largest absolute Gasteiger partial charge is 0.508 e. The quantitative estimate of drug-likeness (QED) is 0.149. The summed E-state index contributed by atoms with van der Waals surface area (Å²) in [5.41, 5.74) is 6.08. The summed E-state index contributed by atoms with van der Waals surface area (Å²) in [7, 11) is 1.32. The van der Waals surface area contributed by atoms with Gasteiger partial charge >= 0.3 is 5.97 Å². The molecule has 1 saturated heterocycles. The monoisotopic (exact) mass is 527 g/mol. The number of nitrogens with one attached hydrogen (secondary N) is 2. The zero-order valence-corrected chi connectivity index (χ0v) is 21.1. The van der Waals surface area contributed by atoms with Crippen molar-refractivity contribution in [1.29, 1.82) is 0 Å². The summed E-state index contributed by atoms with van der Waals surface area (Å²) in [5.74, 6) is -1.51. The van der Waals surface area contributed by atoms with Crippen molar-refractivity contribution in [2.75, 3.05) is 13.7 Å². The van der Waals surface area contributed by atoms with E-state index in [4.69, 9.17) is 12.2 Å². The third-order valence-electron chi connectivity index (χ3n) is 5.21. The minimum atomic E-state index is -0.527. The van der Waals surface area contributed by atoms with Gasteiger partial charge in [0, 0.05) is 18.5 Å². The first-order valence-corrected chi connectivity index (χ1v) is 12.3. The second-order valence-electron chi connectivity index (χ2n) is 7.81. The smallest absolute Gasteiger partial charge is 0.337 e. The minimum Gasteiger partial charge on any atom is -0.508 e. The van der Waals surface area contributed by atoms with Gasteiger partial charge in [0.25, 0.3) is 11.8 Å². The Morgan fingerprint density at radius 3 is 2.50 bits per heavy atom. The molecule has 9 nitrogen and oxygen atoms in total. The highest BCUT2D eigenvalue weighted by molar-refractivity contribution is 8.26. The van der Waals surface area contributed by atoms with E-state index in [2.05, 4.69) is 15.6 Å². The number of hydrazine groups is 1. The summed E-state index contributed by atoms with van der Waals surface area (Å²) in [4.78, 5) is 50.3. The number of thioether (sulfide) groups is 1. The van der Waals surface area contributed by atoms with E-state index >= 15 is 0 Å². The van der Waals surface area contributed by atoms with Gasteiger partial charge < -0.3 is 9.84 Å². The number of carbonyl (C=O) groups excluding carboxylic acids is 4. The summed E-state index contributed by atoms with van der Waals surface area (Å²) in [6, 6.07) is 12.5. The third kappa shape index (κ3) is 7.40. The summed E-state index contributed by atoms with van der Waals surface area (Å²) in [6.07, 6.45) is 3.87. The molecule has 1 heterocycles. The lowest BCUT2D eigenvalue weighted by molar-refractivity contribution is -0.123. The Kier molecular flexibility index (Phi) is 9.60. The number of hydrogen-bond acceptors (Lipinski definition) is 8. The van der Waals surface area contributed by atoms with Crippen LogP contribution in [0.2, 0.25) is 0 Å². The minimum absolute atomic E-state index is 0.0414. The van der Waals surface area contributed by atoms with Crippen LogP contribution in [0.3, 0.4) is 0 Å². The fourth-order valence-electron chi connectivity index (χ4n) is 3.32. The molecule has 188 valence electrons. The predicted molar refractivity (Wildman–Crippen MR) is 140 cm³/mol. The second-order valence-corrected chi connectivity index (χ2v) is 9.49. The number of benzene rings is 2. The van der Waals surface area contributed by atoms with Gasteiger partial charge in [0.15, 0.2) is 0 Å². The summed E-state index contributed by atoms with van der Waals surface area (Å²) in [5, 5.41) is 9.41. The van der Waals surface area contributed by atoms with Gasteiger partial charge in [-0.15, -0.1) is 0 Å². The molecule has 3 N–H and O–H groups in total. The van der Waals surface area contributed by atoms with Gasteiger partial charge in [0.05, 0.1) is 17.6 Å². The topological polar surface area (TPSA) is 125 Å². The van der Waals surface area contributed by atoms with E-state index < -0.39 is 11.9 Å². The molecular formula is C25H25N3O6S2. The van der Waals surface area contributed by atoms with E-state index in [9.17, 15) is 24.3 Å². The number of thiocarbonyl (C=S) groups is 1.